The van der Waals surface area contributed by atoms with E-state index < -0.39 is 0 Å². The summed E-state index contributed by atoms with van der Waals surface area (Å²) in [7, 11) is 0. The molecule has 0 unspecified atom stereocenters. The van der Waals surface area contributed by atoms with Crippen molar-refractivity contribution >= 4 is 11.6 Å². The second-order valence-electron chi connectivity index (χ2n) is 6.75. The van der Waals surface area contributed by atoms with Gasteiger partial charge in [-0.1, -0.05) is 50.3 Å². The van der Waals surface area contributed by atoms with E-state index in [9.17, 15) is 4.79 Å². The van der Waals surface area contributed by atoms with Gasteiger partial charge in [-0.2, -0.15) is 0 Å². The van der Waals surface area contributed by atoms with Gasteiger partial charge in [0.05, 0.1) is 0 Å². The van der Waals surface area contributed by atoms with Gasteiger partial charge in [0, 0.05) is 38.3 Å². The van der Waals surface area contributed by atoms with Crippen LogP contribution in [-0.4, -0.2) is 37.0 Å². The molecular weight excluding hydrogens is 272 g/mol. The number of hydrogen-bond acceptors (Lipinski definition) is 2. The minimum atomic E-state index is 0.373. The first-order valence-corrected chi connectivity index (χ1v) is 8.91. The number of hydrogen-bond donors (Lipinski definition) is 0. The molecule has 1 amide bonds. The predicted octanol–water partition coefficient (Wildman–Crippen LogP) is 3.70. The average Bonchev–Trinajstić information content (AvgIpc) is 2.61. The highest BCUT2D eigenvalue weighted by molar-refractivity contribution is 5.76. The number of para-hydroxylation sites is 1. The van der Waals surface area contributed by atoms with Gasteiger partial charge >= 0.3 is 0 Å². The Balaban J connectivity index is 1.41. The first-order valence-electron chi connectivity index (χ1n) is 8.91. The maximum atomic E-state index is 12.4. The molecule has 0 spiro atoms. The highest BCUT2D eigenvalue weighted by Gasteiger charge is 2.22. The van der Waals surface area contributed by atoms with Gasteiger partial charge in [-0.05, 0) is 24.5 Å². The van der Waals surface area contributed by atoms with Gasteiger partial charge in [-0.3, -0.25) is 4.79 Å². The summed E-state index contributed by atoms with van der Waals surface area (Å²) in [6.07, 6.45) is 8.69. The van der Waals surface area contributed by atoms with Crippen LogP contribution in [0.4, 0.5) is 5.69 Å². The molecule has 1 saturated carbocycles. The van der Waals surface area contributed by atoms with Crippen molar-refractivity contribution in [3.63, 3.8) is 0 Å². The molecule has 0 atom stereocenters. The third-order valence-electron chi connectivity index (χ3n) is 5.24. The molecule has 0 aromatic heterocycles. The minimum absolute atomic E-state index is 0.373. The standard InChI is InChI=1S/C19H28N2O/c22-19(12-11-17-7-3-1-4-8-17)21-15-13-20(14-16-21)18-9-5-2-6-10-18/h2,5-6,9-10,17H,1,3-4,7-8,11-16H2. The molecule has 0 bridgehead atoms. The van der Waals surface area contributed by atoms with E-state index in [0.29, 0.717) is 5.91 Å². The zero-order chi connectivity index (χ0) is 15.2. The van der Waals surface area contributed by atoms with Gasteiger partial charge in [0.15, 0.2) is 0 Å². The predicted molar refractivity (Wildman–Crippen MR) is 91.0 cm³/mol. The van der Waals surface area contributed by atoms with Gasteiger partial charge < -0.3 is 9.80 Å². The lowest BCUT2D eigenvalue weighted by Crippen LogP contribution is -2.48. The van der Waals surface area contributed by atoms with E-state index >= 15 is 0 Å². The summed E-state index contributed by atoms with van der Waals surface area (Å²) in [5.74, 6) is 1.18. The summed E-state index contributed by atoms with van der Waals surface area (Å²) in [6, 6.07) is 10.5. The Hall–Kier alpha value is -1.51. The molecule has 22 heavy (non-hydrogen) atoms. The third kappa shape index (κ3) is 4.02. The van der Waals surface area contributed by atoms with Gasteiger partial charge in [0.1, 0.15) is 0 Å². The summed E-state index contributed by atoms with van der Waals surface area (Å²) < 4.78 is 0. The van der Waals surface area contributed by atoms with E-state index in [2.05, 4.69) is 40.1 Å². The highest BCUT2D eigenvalue weighted by atomic mass is 16.2. The highest BCUT2D eigenvalue weighted by Crippen LogP contribution is 2.27. The summed E-state index contributed by atoms with van der Waals surface area (Å²) in [4.78, 5) is 16.8. The van der Waals surface area contributed by atoms with E-state index in [1.54, 1.807) is 0 Å². The van der Waals surface area contributed by atoms with Crippen molar-refractivity contribution in [1.82, 2.24) is 4.90 Å². The lowest BCUT2D eigenvalue weighted by molar-refractivity contribution is -0.131. The first kappa shape index (κ1) is 15.4. The van der Waals surface area contributed by atoms with E-state index in [-0.39, 0.29) is 0 Å². The average molecular weight is 300 g/mol. The molecule has 1 heterocycles. The Kier molecular flexibility index (Phi) is 5.36. The van der Waals surface area contributed by atoms with Crippen molar-refractivity contribution < 1.29 is 4.79 Å². The van der Waals surface area contributed by atoms with Crippen LogP contribution in [0.2, 0.25) is 0 Å². The molecule has 3 rings (SSSR count). The number of anilines is 1. The largest absolute Gasteiger partial charge is 0.368 e. The Bertz CT molecular complexity index is 460. The third-order valence-corrected chi connectivity index (χ3v) is 5.24. The number of rotatable bonds is 4. The van der Waals surface area contributed by atoms with Crippen LogP contribution >= 0.6 is 0 Å². The van der Waals surface area contributed by atoms with Gasteiger partial charge in [-0.25, -0.2) is 0 Å². The van der Waals surface area contributed by atoms with Crippen molar-refractivity contribution in [2.24, 2.45) is 5.92 Å². The second kappa shape index (κ2) is 7.66. The number of carbonyl (C=O) groups is 1. The van der Waals surface area contributed by atoms with Crippen molar-refractivity contribution in [2.45, 2.75) is 44.9 Å². The van der Waals surface area contributed by atoms with Crippen molar-refractivity contribution in [3.05, 3.63) is 30.3 Å². The maximum Gasteiger partial charge on any atom is 0.222 e. The van der Waals surface area contributed by atoms with Crippen LogP contribution in [-0.2, 0) is 4.79 Å². The number of piperazine rings is 1. The van der Waals surface area contributed by atoms with E-state index in [0.717, 1.165) is 44.9 Å². The van der Waals surface area contributed by atoms with Crippen LogP contribution < -0.4 is 4.90 Å². The zero-order valence-corrected chi connectivity index (χ0v) is 13.5. The van der Waals surface area contributed by atoms with Gasteiger partial charge in [0.2, 0.25) is 5.91 Å². The normalized spacial score (nSPS) is 20.2. The number of benzene rings is 1. The van der Waals surface area contributed by atoms with Crippen LogP contribution in [0.25, 0.3) is 0 Å². The van der Waals surface area contributed by atoms with Crippen LogP contribution in [0.5, 0.6) is 0 Å². The Morgan fingerprint density at radius 2 is 1.64 bits per heavy atom. The lowest BCUT2D eigenvalue weighted by atomic mass is 9.86. The zero-order valence-electron chi connectivity index (χ0n) is 13.5. The molecule has 1 saturated heterocycles. The van der Waals surface area contributed by atoms with Crippen molar-refractivity contribution in [1.29, 1.82) is 0 Å². The molecule has 1 aliphatic heterocycles. The molecule has 0 radical (unpaired) electrons. The molecule has 2 aliphatic rings. The van der Waals surface area contributed by atoms with Crippen molar-refractivity contribution in [2.75, 3.05) is 31.1 Å². The molecule has 2 fully saturated rings. The van der Waals surface area contributed by atoms with Crippen LogP contribution in [0.15, 0.2) is 30.3 Å². The molecular formula is C19H28N2O. The SMILES string of the molecule is O=C(CCC1CCCCC1)N1CCN(c2ccccc2)CC1. The van der Waals surface area contributed by atoms with Crippen LogP contribution in [0.1, 0.15) is 44.9 Å². The van der Waals surface area contributed by atoms with Crippen LogP contribution in [0.3, 0.4) is 0 Å². The Morgan fingerprint density at radius 1 is 0.955 bits per heavy atom. The molecule has 120 valence electrons. The molecule has 3 heteroatoms. The van der Waals surface area contributed by atoms with Gasteiger partial charge in [-0.15, -0.1) is 0 Å². The minimum Gasteiger partial charge on any atom is -0.368 e. The summed E-state index contributed by atoms with van der Waals surface area (Å²) in [5, 5.41) is 0. The molecule has 1 aliphatic carbocycles. The summed E-state index contributed by atoms with van der Waals surface area (Å²) in [5.41, 5.74) is 1.27. The van der Waals surface area contributed by atoms with E-state index in [4.69, 9.17) is 0 Å². The maximum absolute atomic E-state index is 12.4. The smallest absolute Gasteiger partial charge is 0.222 e. The molecule has 3 nitrogen and oxygen atoms in total. The fourth-order valence-electron chi connectivity index (χ4n) is 3.81. The van der Waals surface area contributed by atoms with Crippen molar-refractivity contribution in [3.8, 4) is 0 Å². The van der Waals surface area contributed by atoms with Crippen LogP contribution in [0, 0.1) is 5.92 Å². The molecule has 1 aromatic rings. The number of carbonyl (C=O) groups excluding carboxylic acids is 1. The number of amides is 1. The Labute approximate surface area is 134 Å². The monoisotopic (exact) mass is 300 g/mol. The van der Waals surface area contributed by atoms with Gasteiger partial charge in [0.25, 0.3) is 0 Å². The quantitative estimate of drug-likeness (QED) is 0.846. The Morgan fingerprint density at radius 3 is 2.32 bits per heavy atom. The summed E-state index contributed by atoms with van der Waals surface area (Å²) >= 11 is 0. The lowest BCUT2D eigenvalue weighted by Gasteiger charge is -2.36. The summed E-state index contributed by atoms with van der Waals surface area (Å²) in [6.45, 7) is 3.66. The topological polar surface area (TPSA) is 23.6 Å². The number of nitrogens with zero attached hydrogens (tertiary/aromatic N) is 2. The van der Waals surface area contributed by atoms with E-state index in [1.165, 1.54) is 37.8 Å². The fraction of sp³-hybridized carbons (Fsp3) is 0.632. The molecule has 0 N–H and O–H groups in total. The second-order valence-corrected chi connectivity index (χ2v) is 6.75. The first-order chi connectivity index (χ1) is 10.8. The fourth-order valence-corrected chi connectivity index (χ4v) is 3.81. The molecule has 1 aromatic carbocycles. The van der Waals surface area contributed by atoms with E-state index in [1.807, 2.05) is 0 Å².